The molecule has 13 heteroatoms. The minimum Gasteiger partial charge on any atom is -0.392 e. The molecular weight excluding hydrogens is 643 g/mol. The average Bonchev–Trinajstić information content (AvgIpc) is 3.04. The number of benzene rings is 4. The first-order valence-corrected chi connectivity index (χ1v) is 15.7. The standard InChI is InChI=1S/C34H32Cl2N6O5/c1-20-4-2-5-26-29(20)41-31-27(6-3-7-28(31)32(44)47-33(37)45)30(26)38-23-16-21(19-43)17-24(18-23)40-34(46)39-22-8-10-25(11-9-22)42(14-12-35)15-13-36/h2-11,16-18,43H,12-15,19H2,1H3,(H2,37,45)(H,38,41)(H2,39,40,46). The molecule has 0 radical (unpaired) electrons. The topological polar surface area (TPSA) is 159 Å². The maximum Gasteiger partial charge on any atom is 0.412 e. The molecule has 5 aromatic rings. The van der Waals surface area contributed by atoms with Crippen LogP contribution in [0.4, 0.5) is 38.0 Å². The lowest BCUT2D eigenvalue weighted by molar-refractivity contribution is 0.0640. The summed E-state index contributed by atoms with van der Waals surface area (Å²) in [5.74, 6) is -0.00184. The molecule has 0 aliphatic heterocycles. The van der Waals surface area contributed by atoms with Gasteiger partial charge in [0.1, 0.15) is 0 Å². The van der Waals surface area contributed by atoms with E-state index in [9.17, 15) is 19.5 Å². The fourth-order valence-electron chi connectivity index (χ4n) is 5.27. The van der Waals surface area contributed by atoms with E-state index in [1.54, 1.807) is 42.5 Å². The molecule has 0 spiro atoms. The van der Waals surface area contributed by atoms with Crippen LogP contribution < -0.4 is 26.6 Å². The van der Waals surface area contributed by atoms with Crippen LogP contribution >= 0.6 is 23.2 Å². The highest BCUT2D eigenvalue weighted by molar-refractivity contribution is 6.19. The smallest absolute Gasteiger partial charge is 0.392 e. The second-order valence-electron chi connectivity index (χ2n) is 10.6. The second-order valence-corrected chi connectivity index (χ2v) is 11.3. The molecule has 0 aliphatic rings. The predicted octanol–water partition coefficient (Wildman–Crippen LogP) is 7.10. The third-order valence-electron chi connectivity index (χ3n) is 7.35. The number of para-hydroxylation sites is 2. The summed E-state index contributed by atoms with van der Waals surface area (Å²) in [7, 11) is 0. The average molecular weight is 676 g/mol. The lowest BCUT2D eigenvalue weighted by atomic mass is 10.0. The van der Waals surface area contributed by atoms with Crippen LogP contribution in [0.1, 0.15) is 21.5 Å². The monoisotopic (exact) mass is 674 g/mol. The van der Waals surface area contributed by atoms with Crippen molar-refractivity contribution in [2.75, 3.05) is 45.7 Å². The number of hydrogen-bond acceptors (Lipinski definition) is 8. The van der Waals surface area contributed by atoms with Crippen LogP contribution in [-0.4, -0.2) is 53.0 Å². The number of alkyl halides is 2. The number of nitrogens with zero attached hydrogens (tertiary/aromatic N) is 2. The highest BCUT2D eigenvalue weighted by Gasteiger charge is 2.20. The maximum absolute atomic E-state index is 13.0. The van der Waals surface area contributed by atoms with Crippen LogP contribution in [0.2, 0.25) is 0 Å². The number of aromatic nitrogens is 1. The number of rotatable bonds is 11. The number of aliphatic hydroxyl groups is 1. The molecule has 0 atom stereocenters. The molecule has 0 unspecified atom stereocenters. The molecule has 11 nitrogen and oxygen atoms in total. The Bertz CT molecular complexity index is 1950. The van der Waals surface area contributed by atoms with Crippen molar-refractivity contribution in [3.05, 3.63) is 95.6 Å². The highest BCUT2D eigenvalue weighted by atomic mass is 35.5. The van der Waals surface area contributed by atoms with Gasteiger partial charge in [0.15, 0.2) is 0 Å². The van der Waals surface area contributed by atoms with Gasteiger partial charge in [0.25, 0.3) is 0 Å². The van der Waals surface area contributed by atoms with Crippen LogP contribution in [0.3, 0.4) is 0 Å². The van der Waals surface area contributed by atoms with Gasteiger partial charge in [-0.2, -0.15) is 0 Å². The maximum atomic E-state index is 13.0. The minimum atomic E-state index is -1.22. The van der Waals surface area contributed by atoms with Gasteiger partial charge in [-0.3, -0.25) is 0 Å². The van der Waals surface area contributed by atoms with Crippen molar-refractivity contribution in [2.45, 2.75) is 13.5 Å². The van der Waals surface area contributed by atoms with E-state index >= 15 is 0 Å². The van der Waals surface area contributed by atoms with Crippen molar-refractivity contribution in [1.82, 2.24) is 4.98 Å². The number of aryl methyl sites for hydroxylation is 1. The first-order chi connectivity index (χ1) is 22.7. The first kappa shape index (κ1) is 33.3. The summed E-state index contributed by atoms with van der Waals surface area (Å²) >= 11 is 11.8. The number of hydrogen-bond donors (Lipinski definition) is 5. The van der Waals surface area contributed by atoms with E-state index in [0.29, 0.717) is 69.6 Å². The van der Waals surface area contributed by atoms with E-state index in [-0.39, 0.29) is 12.2 Å². The molecule has 3 amide bonds. The summed E-state index contributed by atoms with van der Waals surface area (Å²) in [5.41, 5.74) is 10.6. The number of carbonyl (C=O) groups excluding carboxylic acids is 3. The van der Waals surface area contributed by atoms with Crippen LogP contribution in [0.15, 0.2) is 78.9 Å². The Morgan fingerprint density at radius 2 is 1.49 bits per heavy atom. The van der Waals surface area contributed by atoms with Crippen molar-refractivity contribution in [1.29, 1.82) is 0 Å². The van der Waals surface area contributed by atoms with Gasteiger partial charge >= 0.3 is 18.1 Å². The number of primary amides is 1. The van der Waals surface area contributed by atoms with E-state index in [2.05, 4.69) is 25.6 Å². The molecule has 6 N–H and O–H groups in total. The number of ether oxygens (including phenoxy) is 1. The Labute approximate surface area is 280 Å². The number of nitrogens with two attached hydrogens (primary N) is 1. The molecule has 0 aliphatic carbocycles. The van der Waals surface area contributed by atoms with E-state index in [0.717, 1.165) is 16.6 Å². The van der Waals surface area contributed by atoms with Gasteiger partial charge in [0.05, 0.1) is 28.9 Å². The normalized spacial score (nSPS) is 10.9. The molecule has 47 heavy (non-hydrogen) atoms. The van der Waals surface area contributed by atoms with E-state index in [4.69, 9.17) is 33.9 Å². The second kappa shape index (κ2) is 15.0. The molecule has 4 aromatic carbocycles. The zero-order chi connectivity index (χ0) is 33.5. The van der Waals surface area contributed by atoms with Crippen molar-refractivity contribution in [2.24, 2.45) is 5.73 Å². The number of fused-ring (bicyclic) bond motifs is 2. The number of carbonyl (C=O) groups is 3. The summed E-state index contributed by atoms with van der Waals surface area (Å²) < 4.78 is 4.66. The number of urea groups is 1. The summed E-state index contributed by atoms with van der Waals surface area (Å²) in [6.45, 7) is 2.90. The fraction of sp³-hybridized carbons (Fsp3) is 0.176. The number of anilines is 5. The van der Waals surface area contributed by atoms with Gasteiger partial charge in [0, 0.05) is 58.4 Å². The van der Waals surface area contributed by atoms with Gasteiger partial charge in [-0.25, -0.2) is 19.4 Å². The fourth-order valence-corrected chi connectivity index (χ4v) is 5.68. The Morgan fingerprint density at radius 1 is 0.851 bits per heavy atom. The van der Waals surface area contributed by atoms with Crippen LogP contribution in [0.25, 0.3) is 21.8 Å². The molecule has 242 valence electrons. The lowest BCUT2D eigenvalue weighted by Gasteiger charge is -2.23. The first-order valence-electron chi connectivity index (χ1n) is 14.6. The van der Waals surface area contributed by atoms with E-state index in [1.165, 1.54) is 6.07 Å². The van der Waals surface area contributed by atoms with Crippen LogP contribution in [-0.2, 0) is 11.3 Å². The number of halogens is 2. The largest absolute Gasteiger partial charge is 0.412 e. The Balaban J connectivity index is 1.45. The molecule has 0 bridgehead atoms. The van der Waals surface area contributed by atoms with Crippen LogP contribution in [0.5, 0.6) is 0 Å². The van der Waals surface area contributed by atoms with Crippen molar-refractivity contribution in [3.63, 3.8) is 0 Å². The van der Waals surface area contributed by atoms with Crippen molar-refractivity contribution in [3.8, 4) is 0 Å². The number of pyridine rings is 1. The molecule has 1 heterocycles. The Kier molecular flexibility index (Phi) is 10.6. The molecule has 0 saturated heterocycles. The summed E-state index contributed by atoms with van der Waals surface area (Å²) in [6.07, 6.45) is -1.22. The highest BCUT2D eigenvalue weighted by Crippen LogP contribution is 2.36. The Morgan fingerprint density at radius 3 is 2.15 bits per heavy atom. The number of aliphatic hydroxyl groups excluding tert-OH is 1. The SMILES string of the molecule is Cc1cccc2c(Nc3cc(CO)cc(NC(=O)Nc4ccc(N(CCCl)CCCl)cc4)c3)c3cccc(C(=O)OC(N)=O)c3nc12. The summed E-state index contributed by atoms with van der Waals surface area (Å²) in [5, 5.41) is 20.4. The molecule has 0 saturated carbocycles. The summed E-state index contributed by atoms with van der Waals surface area (Å²) in [4.78, 5) is 43.9. The molecular formula is C34H32Cl2N6O5. The molecule has 1 aromatic heterocycles. The molecule has 5 rings (SSSR count). The third kappa shape index (κ3) is 7.83. The van der Waals surface area contributed by atoms with Gasteiger partial charge < -0.3 is 36.4 Å². The minimum absolute atomic E-state index is 0.0662. The summed E-state index contributed by atoms with van der Waals surface area (Å²) in [6, 6.07) is 22.6. The molecule has 0 fully saturated rings. The van der Waals surface area contributed by atoms with Crippen LogP contribution in [0, 0.1) is 6.92 Å². The van der Waals surface area contributed by atoms with Gasteiger partial charge in [-0.15, -0.1) is 23.2 Å². The van der Waals surface area contributed by atoms with Crippen molar-refractivity contribution >= 4 is 91.5 Å². The third-order valence-corrected chi connectivity index (χ3v) is 7.69. The Hall–Kier alpha value is -5.10. The number of esters is 1. The van der Waals surface area contributed by atoms with Gasteiger partial charge in [-0.05, 0) is 66.6 Å². The predicted molar refractivity (Wildman–Crippen MR) is 187 cm³/mol. The lowest BCUT2D eigenvalue weighted by Crippen LogP contribution is -2.27. The van der Waals surface area contributed by atoms with Gasteiger partial charge in [-0.1, -0.05) is 30.3 Å². The quantitative estimate of drug-likeness (QED) is 0.0429. The van der Waals surface area contributed by atoms with Gasteiger partial charge in [0.2, 0.25) is 0 Å². The van der Waals surface area contributed by atoms with Crippen molar-refractivity contribution < 1.29 is 24.2 Å². The zero-order valence-corrected chi connectivity index (χ0v) is 26.9. The zero-order valence-electron chi connectivity index (χ0n) is 25.3. The van der Waals surface area contributed by atoms with E-state index in [1.807, 2.05) is 37.3 Å². The number of nitrogens with one attached hydrogen (secondary N) is 3. The van der Waals surface area contributed by atoms with E-state index < -0.39 is 18.1 Å². The number of amides is 3.